The fourth-order valence-corrected chi connectivity index (χ4v) is 15.1. The van der Waals surface area contributed by atoms with Crippen LogP contribution < -0.4 is 0 Å². The number of hydrogen-bond acceptors (Lipinski definition) is 3. The molecule has 0 atom stereocenters. The van der Waals surface area contributed by atoms with Crippen LogP contribution in [-0.4, -0.2) is 15.2 Å². The van der Waals surface area contributed by atoms with Gasteiger partial charge in [0.1, 0.15) is 11.5 Å². The molecule has 0 amide bonds. The molecule has 0 aliphatic heterocycles. The third-order valence-electron chi connectivity index (χ3n) is 17.3. The van der Waals surface area contributed by atoms with Gasteiger partial charge in [0.25, 0.3) is 0 Å². The maximum absolute atomic E-state index is 15.2. The van der Waals surface area contributed by atoms with E-state index in [1.807, 2.05) is 48.5 Å². The number of aromatic nitrogens is 1. The normalized spacial score (nSPS) is 28.1. The van der Waals surface area contributed by atoms with Gasteiger partial charge in [-0.2, -0.15) is 13.2 Å². The molecule has 8 fully saturated rings. The van der Waals surface area contributed by atoms with Crippen molar-refractivity contribution in [2.45, 2.75) is 146 Å². The molecule has 0 unspecified atom stereocenters. The van der Waals surface area contributed by atoms with Gasteiger partial charge in [0.15, 0.2) is 0 Å². The van der Waals surface area contributed by atoms with Crippen LogP contribution in [0.2, 0.25) is 0 Å². The standard InChI is InChI=1S/C58H64F3NO2.2CH3.Hf/c1-54(2,3)39-21-46(52(63)48(23-39)56-27-33-15-34(28-56)17-35(16-33)29-56)42-11-7-9-13-44(42)50-25-41(58(59,60)61)26-51(62-50)45-14-10-8-12-43(45)47-22-40(55(4,5)6)24-49(53(47)64)57-30-36-18-37(31-57)20-38(19-36)32-57;;;/h7-14,21-26,33-38,63-64H,15-20,27-32H2,1-6H3;2*1H3;/q;2*-1;. The predicted molar refractivity (Wildman–Crippen MR) is 264 cm³/mol. The summed E-state index contributed by atoms with van der Waals surface area (Å²) in [5, 5.41) is 25.2. The van der Waals surface area contributed by atoms with Gasteiger partial charge in [0.2, 0.25) is 0 Å². The minimum atomic E-state index is -4.66. The topological polar surface area (TPSA) is 53.4 Å². The number of aromatic hydroxyl groups is 2. The van der Waals surface area contributed by atoms with Gasteiger partial charge in [-0.15, -0.1) is 0 Å². The Morgan fingerprint density at radius 3 is 1.03 bits per heavy atom. The van der Waals surface area contributed by atoms with Crippen molar-refractivity contribution in [3.63, 3.8) is 0 Å². The Balaban J connectivity index is 0.00000203. The fraction of sp³-hybridized carbons (Fsp3) is 0.483. The van der Waals surface area contributed by atoms with E-state index in [1.165, 1.54) is 50.7 Å². The van der Waals surface area contributed by atoms with Crippen molar-refractivity contribution in [2.24, 2.45) is 35.5 Å². The van der Waals surface area contributed by atoms with Gasteiger partial charge in [-0.1, -0.05) is 102 Å². The van der Waals surface area contributed by atoms with E-state index in [2.05, 4.69) is 65.8 Å². The molecule has 2 N–H and O–H groups in total. The molecule has 8 saturated carbocycles. The quantitative estimate of drug-likeness (QED) is 0.132. The smallest absolute Gasteiger partial charge is 0.416 e. The van der Waals surface area contributed by atoms with Crippen molar-refractivity contribution in [1.29, 1.82) is 0 Å². The van der Waals surface area contributed by atoms with Crippen LogP contribution in [0.4, 0.5) is 13.2 Å². The van der Waals surface area contributed by atoms with Crippen molar-refractivity contribution in [2.75, 3.05) is 0 Å². The van der Waals surface area contributed by atoms with Crippen molar-refractivity contribution in [3.8, 4) is 56.3 Å². The molecule has 0 radical (unpaired) electrons. The number of pyridine rings is 1. The predicted octanol–water partition coefficient (Wildman–Crippen LogP) is 16.6. The number of benzene rings is 4. The van der Waals surface area contributed by atoms with Crippen LogP contribution in [0.3, 0.4) is 0 Å². The van der Waals surface area contributed by atoms with Gasteiger partial charge in [0, 0.05) is 59.2 Å². The van der Waals surface area contributed by atoms with Crippen LogP contribution in [0.1, 0.15) is 146 Å². The van der Waals surface area contributed by atoms with Gasteiger partial charge < -0.3 is 25.1 Å². The van der Waals surface area contributed by atoms with Gasteiger partial charge in [0.05, 0.1) is 17.0 Å². The molecule has 8 bridgehead atoms. The molecule has 3 nitrogen and oxygen atoms in total. The monoisotopic (exact) mass is 1070 g/mol. The minimum Gasteiger partial charge on any atom is -0.507 e. The Morgan fingerprint density at radius 1 is 0.448 bits per heavy atom. The molecule has 1 aromatic heterocycles. The first kappa shape index (κ1) is 49.7. The Hall–Kier alpha value is -3.71. The maximum atomic E-state index is 15.2. The summed E-state index contributed by atoms with van der Waals surface area (Å²) < 4.78 is 45.7. The summed E-state index contributed by atoms with van der Waals surface area (Å²) in [6.45, 7) is 13.2. The average Bonchev–Trinajstić information content (AvgIpc) is 3.21. The van der Waals surface area contributed by atoms with Crippen molar-refractivity contribution in [3.05, 3.63) is 128 Å². The number of halogens is 3. The van der Waals surface area contributed by atoms with Gasteiger partial charge in [-0.3, -0.25) is 0 Å². The molecule has 13 rings (SSSR count). The Labute approximate surface area is 417 Å². The molecule has 7 heteroatoms. The molecule has 5 aromatic rings. The van der Waals surface area contributed by atoms with Crippen molar-refractivity contribution < 1.29 is 49.2 Å². The third kappa shape index (κ3) is 8.60. The summed E-state index contributed by atoms with van der Waals surface area (Å²) in [7, 11) is 0. The maximum Gasteiger partial charge on any atom is 0.416 e. The number of alkyl halides is 3. The van der Waals surface area contributed by atoms with E-state index in [0.29, 0.717) is 68.9 Å². The van der Waals surface area contributed by atoms with Crippen LogP contribution in [0.15, 0.2) is 84.9 Å². The minimum absolute atomic E-state index is 0. The van der Waals surface area contributed by atoms with Gasteiger partial charge in [-0.25, -0.2) is 4.98 Å². The first-order valence-corrected chi connectivity index (χ1v) is 24.3. The van der Waals surface area contributed by atoms with Crippen LogP contribution in [-0.2, 0) is 53.7 Å². The molecule has 0 spiro atoms. The molecule has 8 aliphatic rings. The number of nitrogens with zero attached hydrogens (tertiary/aromatic N) is 1. The number of rotatable bonds is 6. The SMILES string of the molecule is CC(C)(C)c1cc(-c2ccccc2-c2cc(C(F)(F)F)cc(-c3ccccc3-c3cc(C(C)(C)C)cc(C45CC6CC(CC(C6)C4)C5)c3O)n2)c(O)c(C23CC4CC(CC(C4)C2)C3)c1.[CH3-].[CH3-].[Hf]. The number of hydrogen-bond donors (Lipinski definition) is 2. The van der Waals surface area contributed by atoms with E-state index >= 15 is 13.2 Å². The Bertz CT molecular complexity index is 2440. The summed E-state index contributed by atoms with van der Waals surface area (Å²) in [6.07, 6.45) is 9.53. The summed E-state index contributed by atoms with van der Waals surface area (Å²) in [5.74, 6) is 4.57. The van der Waals surface area contributed by atoms with E-state index < -0.39 is 11.7 Å². The van der Waals surface area contributed by atoms with Crippen molar-refractivity contribution >= 4 is 0 Å². The zero-order valence-corrected chi connectivity index (χ0v) is 44.6. The third-order valence-corrected chi connectivity index (χ3v) is 17.3. The Morgan fingerprint density at radius 2 is 0.746 bits per heavy atom. The second-order valence-electron chi connectivity index (χ2n) is 24.0. The van der Waals surface area contributed by atoms with E-state index in [0.717, 1.165) is 60.8 Å². The van der Waals surface area contributed by atoms with Gasteiger partial charge in [-0.05, 0) is 181 Å². The first-order valence-electron chi connectivity index (χ1n) is 24.3. The molecule has 1 heterocycles. The van der Waals surface area contributed by atoms with Crippen LogP contribution >= 0.6 is 0 Å². The number of phenols is 2. The second kappa shape index (κ2) is 17.3. The molecule has 0 saturated heterocycles. The zero-order valence-electron chi connectivity index (χ0n) is 41.0. The molecule has 4 aromatic carbocycles. The van der Waals surface area contributed by atoms with Crippen molar-refractivity contribution in [1.82, 2.24) is 4.98 Å². The van der Waals surface area contributed by atoms with E-state index in [9.17, 15) is 10.2 Å². The van der Waals surface area contributed by atoms with Crippen LogP contribution in [0.25, 0.3) is 44.8 Å². The summed E-state index contributed by atoms with van der Waals surface area (Å²) in [5.41, 5.74) is 6.88. The van der Waals surface area contributed by atoms with Crippen LogP contribution in [0.5, 0.6) is 11.5 Å². The van der Waals surface area contributed by atoms with E-state index in [4.69, 9.17) is 4.98 Å². The second-order valence-corrected chi connectivity index (χ2v) is 24.0. The fourth-order valence-electron chi connectivity index (χ4n) is 15.1. The molecular formula is C60H70F3HfNO2-2. The summed E-state index contributed by atoms with van der Waals surface area (Å²) >= 11 is 0. The zero-order chi connectivity index (χ0) is 44.7. The molecule has 67 heavy (non-hydrogen) atoms. The molecule has 354 valence electrons. The summed E-state index contributed by atoms with van der Waals surface area (Å²) in [6, 6.07) is 26.0. The molecular weight excluding hydrogens is 1000 g/mol. The van der Waals surface area contributed by atoms with Gasteiger partial charge >= 0.3 is 6.18 Å². The number of phenolic OH excluding ortho intramolecular Hbond substituents is 2. The average molecular weight is 1070 g/mol. The first-order chi connectivity index (χ1) is 30.2. The summed E-state index contributed by atoms with van der Waals surface area (Å²) in [4.78, 5) is 5.15. The Kier molecular flexibility index (Phi) is 12.8. The molecule has 8 aliphatic carbocycles. The van der Waals surface area contributed by atoms with E-state index in [-0.39, 0.29) is 85.2 Å². The van der Waals surface area contributed by atoms with E-state index in [1.54, 1.807) is 0 Å². The van der Waals surface area contributed by atoms with Crippen LogP contribution in [0, 0.1) is 50.4 Å². The largest absolute Gasteiger partial charge is 0.507 e.